The zero-order valence-corrected chi connectivity index (χ0v) is 10.5. The molecular formula is C12H26N2O. The van der Waals surface area contributed by atoms with E-state index in [1.165, 1.54) is 25.9 Å². The molecule has 1 saturated heterocycles. The van der Waals surface area contributed by atoms with Gasteiger partial charge >= 0.3 is 0 Å². The van der Waals surface area contributed by atoms with Gasteiger partial charge in [0.1, 0.15) is 0 Å². The summed E-state index contributed by atoms with van der Waals surface area (Å²) in [6.07, 6.45) is 2.52. The molecule has 0 saturated carbocycles. The molecule has 0 radical (unpaired) electrons. The number of hydrogen-bond acceptors (Lipinski definition) is 3. The minimum atomic E-state index is 0.726. The third kappa shape index (κ3) is 4.49. The second kappa shape index (κ2) is 7.20. The summed E-state index contributed by atoms with van der Waals surface area (Å²) in [5, 5.41) is 3.64. The number of rotatable bonds is 6. The Bertz CT molecular complexity index is 164. The quantitative estimate of drug-likeness (QED) is 0.722. The first-order valence-electron chi connectivity index (χ1n) is 6.22. The summed E-state index contributed by atoms with van der Waals surface area (Å²) < 4.78 is 5.11. The van der Waals surface area contributed by atoms with Crippen molar-refractivity contribution in [3.05, 3.63) is 0 Å². The van der Waals surface area contributed by atoms with Crippen LogP contribution < -0.4 is 5.32 Å². The van der Waals surface area contributed by atoms with Crippen LogP contribution in [-0.4, -0.2) is 50.8 Å². The van der Waals surface area contributed by atoms with E-state index in [0.717, 1.165) is 31.7 Å². The van der Waals surface area contributed by atoms with Gasteiger partial charge in [-0.05, 0) is 31.8 Å². The number of nitrogens with one attached hydrogen (secondary N) is 1. The lowest BCUT2D eigenvalue weighted by atomic mass is 9.94. The van der Waals surface area contributed by atoms with Gasteiger partial charge in [0, 0.05) is 26.2 Å². The van der Waals surface area contributed by atoms with E-state index in [4.69, 9.17) is 4.74 Å². The largest absolute Gasteiger partial charge is 0.383 e. The van der Waals surface area contributed by atoms with Crippen LogP contribution in [0.15, 0.2) is 0 Å². The van der Waals surface area contributed by atoms with Crippen LogP contribution in [0.4, 0.5) is 0 Å². The summed E-state index contributed by atoms with van der Waals surface area (Å²) in [5.74, 6) is 0.766. The second-order valence-electron chi connectivity index (χ2n) is 4.62. The highest BCUT2D eigenvalue weighted by molar-refractivity contribution is 4.82. The Morgan fingerprint density at radius 1 is 1.47 bits per heavy atom. The molecule has 15 heavy (non-hydrogen) atoms. The predicted octanol–water partition coefficient (Wildman–Crippen LogP) is 1.34. The van der Waals surface area contributed by atoms with Gasteiger partial charge in [0.25, 0.3) is 0 Å². The molecule has 1 fully saturated rings. The van der Waals surface area contributed by atoms with E-state index in [2.05, 4.69) is 24.1 Å². The van der Waals surface area contributed by atoms with E-state index in [1.54, 1.807) is 7.11 Å². The molecule has 90 valence electrons. The van der Waals surface area contributed by atoms with Crippen LogP contribution in [0, 0.1) is 5.92 Å². The molecule has 3 heteroatoms. The van der Waals surface area contributed by atoms with Gasteiger partial charge in [-0.3, -0.25) is 0 Å². The van der Waals surface area contributed by atoms with Crippen LogP contribution in [0.25, 0.3) is 0 Å². The second-order valence-corrected chi connectivity index (χ2v) is 4.62. The van der Waals surface area contributed by atoms with E-state index in [9.17, 15) is 0 Å². The molecule has 0 bridgehead atoms. The summed E-state index contributed by atoms with van der Waals surface area (Å²) >= 11 is 0. The molecule has 0 spiro atoms. The van der Waals surface area contributed by atoms with Gasteiger partial charge < -0.3 is 15.0 Å². The van der Waals surface area contributed by atoms with Crippen molar-refractivity contribution in [3.8, 4) is 0 Å². The average Bonchev–Trinajstić information content (AvgIpc) is 2.25. The maximum absolute atomic E-state index is 5.11. The Hall–Kier alpha value is -0.120. The summed E-state index contributed by atoms with van der Waals surface area (Å²) in [6.45, 7) is 10.1. The molecule has 2 atom stereocenters. The fraction of sp³-hybridized carbons (Fsp3) is 1.00. The van der Waals surface area contributed by atoms with Gasteiger partial charge in [-0.25, -0.2) is 0 Å². The molecule has 0 aromatic carbocycles. The molecule has 1 N–H and O–H groups in total. The van der Waals surface area contributed by atoms with Gasteiger partial charge in [0.15, 0.2) is 0 Å². The molecular weight excluding hydrogens is 188 g/mol. The van der Waals surface area contributed by atoms with Crippen LogP contribution in [0.1, 0.15) is 26.7 Å². The molecule has 0 aliphatic carbocycles. The molecule has 1 aliphatic rings. The van der Waals surface area contributed by atoms with Crippen molar-refractivity contribution >= 4 is 0 Å². The molecule has 0 aromatic rings. The third-order valence-electron chi connectivity index (χ3n) is 3.26. The van der Waals surface area contributed by atoms with Gasteiger partial charge in [-0.2, -0.15) is 0 Å². The zero-order valence-electron chi connectivity index (χ0n) is 10.5. The Kier molecular flexibility index (Phi) is 6.22. The van der Waals surface area contributed by atoms with Crippen molar-refractivity contribution in [2.75, 3.05) is 39.9 Å². The maximum atomic E-state index is 5.11. The van der Waals surface area contributed by atoms with Crippen LogP contribution in [-0.2, 0) is 4.74 Å². The van der Waals surface area contributed by atoms with Gasteiger partial charge in [0.05, 0.1) is 6.61 Å². The standard InChI is InChI=1S/C12H26N2O/c1-4-6-13-12-5-7-14(8-9-15-3)10-11(12)2/h11-13H,4-10H2,1-3H3. The highest BCUT2D eigenvalue weighted by atomic mass is 16.5. The summed E-state index contributed by atoms with van der Waals surface area (Å²) in [7, 11) is 1.78. The lowest BCUT2D eigenvalue weighted by Gasteiger charge is -2.37. The maximum Gasteiger partial charge on any atom is 0.0589 e. The fourth-order valence-corrected chi connectivity index (χ4v) is 2.29. The molecule has 1 rings (SSSR count). The highest BCUT2D eigenvalue weighted by Gasteiger charge is 2.24. The Morgan fingerprint density at radius 3 is 2.87 bits per heavy atom. The number of hydrogen-bond donors (Lipinski definition) is 1. The van der Waals surface area contributed by atoms with Crippen LogP contribution >= 0.6 is 0 Å². The van der Waals surface area contributed by atoms with Crippen molar-refractivity contribution in [2.24, 2.45) is 5.92 Å². The minimum Gasteiger partial charge on any atom is -0.383 e. The Morgan fingerprint density at radius 2 is 2.27 bits per heavy atom. The van der Waals surface area contributed by atoms with E-state index in [-0.39, 0.29) is 0 Å². The van der Waals surface area contributed by atoms with Crippen molar-refractivity contribution in [2.45, 2.75) is 32.7 Å². The van der Waals surface area contributed by atoms with Crippen molar-refractivity contribution in [1.29, 1.82) is 0 Å². The summed E-state index contributed by atoms with van der Waals surface area (Å²) in [5.41, 5.74) is 0. The molecule has 3 nitrogen and oxygen atoms in total. The molecule has 0 aromatic heterocycles. The zero-order chi connectivity index (χ0) is 11.1. The Balaban J connectivity index is 2.21. The van der Waals surface area contributed by atoms with Gasteiger partial charge in [-0.15, -0.1) is 0 Å². The van der Waals surface area contributed by atoms with Crippen molar-refractivity contribution in [1.82, 2.24) is 10.2 Å². The monoisotopic (exact) mass is 214 g/mol. The first kappa shape index (κ1) is 12.9. The number of likely N-dealkylation sites (tertiary alicyclic amines) is 1. The summed E-state index contributed by atoms with van der Waals surface area (Å²) in [6, 6.07) is 0.726. The van der Waals surface area contributed by atoms with Crippen LogP contribution in [0.3, 0.4) is 0 Å². The van der Waals surface area contributed by atoms with Gasteiger partial charge in [0.2, 0.25) is 0 Å². The van der Waals surface area contributed by atoms with Gasteiger partial charge in [-0.1, -0.05) is 13.8 Å². The van der Waals surface area contributed by atoms with Crippen LogP contribution in [0.2, 0.25) is 0 Å². The first-order chi connectivity index (χ1) is 7.27. The lowest BCUT2D eigenvalue weighted by Crippen LogP contribution is -2.49. The van der Waals surface area contributed by atoms with E-state index in [1.807, 2.05) is 0 Å². The topological polar surface area (TPSA) is 24.5 Å². The average molecular weight is 214 g/mol. The van der Waals surface area contributed by atoms with E-state index >= 15 is 0 Å². The molecule has 1 heterocycles. The van der Waals surface area contributed by atoms with Crippen LogP contribution in [0.5, 0.6) is 0 Å². The number of piperidine rings is 1. The Labute approximate surface area is 94.2 Å². The molecule has 2 unspecified atom stereocenters. The predicted molar refractivity (Wildman–Crippen MR) is 64.2 cm³/mol. The van der Waals surface area contributed by atoms with Crippen molar-refractivity contribution < 1.29 is 4.74 Å². The van der Waals surface area contributed by atoms with E-state index < -0.39 is 0 Å². The van der Waals surface area contributed by atoms with E-state index in [0.29, 0.717) is 0 Å². The fourth-order valence-electron chi connectivity index (χ4n) is 2.29. The lowest BCUT2D eigenvalue weighted by molar-refractivity contribution is 0.103. The molecule has 0 amide bonds. The third-order valence-corrected chi connectivity index (χ3v) is 3.26. The smallest absolute Gasteiger partial charge is 0.0589 e. The van der Waals surface area contributed by atoms with Crippen molar-refractivity contribution in [3.63, 3.8) is 0 Å². The normalized spacial score (nSPS) is 28.2. The first-order valence-corrected chi connectivity index (χ1v) is 6.22. The number of nitrogens with zero attached hydrogens (tertiary/aromatic N) is 1. The molecule has 1 aliphatic heterocycles. The summed E-state index contributed by atoms with van der Waals surface area (Å²) in [4.78, 5) is 2.51. The minimum absolute atomic E-state index is 0.726. The highest BCUT2D eigenvalue weighted by Crippen LogP contribution is 2.16. The number of methoxy groups -OCH3 is 1. The SMILES string of the molecule is CCCNC1CCN(CCOC)CC1C. The number of ether oxygens (including phenoxy) is 1.